The summed E-state index contributed by atoms with van der Waals surface area (Å²) < 4.78 is 5.75. The van der Waals surface area contributed by atoms with Crippen LogP contribution >= 0.6 is 0 Å². The summed E-state index contributed by atoms with van der Waals surface area (Å²) in [4.78, 5) is 27.9. The van der Waals surface area contributed by atoms with Crippen LogP contribution in [0.2, 0.25) is 0 Å². The van der Waals surface area contributed by atoms with Gasteiger partial charge in [-0.3, -0.25) is 9.63 Å². The highest BCUT2D eigenvalue weighted by atomic mass is 16.7. The van der Waals surface area contributed by atoms with Gasteiger partial charge in [-0.1, -0.05) is 30.3 Å². The molecule has 2 aromatic carbocycles. The number of carbonyl (C=O) groups is 2. The molecule has 0 fully saturated rings. The molecule has 132 valence electrons. The van der Waals surface area contributed by atoms with Gasteiger partial charge in [-0.25, -0.2) is 9.86 Å². The standard InChI is InChI=1S/C18H20N2O5/c1-20(24-2)18(23)19-16(12-17(21)22)13-7-6-10-15(11-13)25-14-8-4-3-5-9-14/h3-11,16H,12H2,1-2H3,(H,19,23)(H,21,22). The fourth-order valence-corrected chi connectivity index (χ4v) is 2.17. The number of carboxylic acid groups (broad SMARTS) is 1. The molecule has 7 heteroatoms. The Hall–Kier alpha value is -3.06. The van der Waals surface area contributed by atoms with E-state index in [4.69, 9.17) is 14.7 Å². The van der Waals surface area contributed by atoms with E-state index in [1.54, 1.807) is 24.3 Å². The fourth-order valence-electron chi connectivity index (χ4n) is 2.17. The highest BCUT2D eigenvalue weighted by Crippen LogP contribution is 2.26. The molecule has 0 heterocycles. The van der Waals surface area contributed by atoms with E-state index in [0.29, 0.717) is 17.1 Å². The normalized spacial score (nSPS) is 11.4. The van der Waals surface area contributed by atoms with Crippen molar-refractivity contribution in [3.05, 3.63) is 60.2 Å². The third kappa shape index (κ3) is 5.50. The van der Waals surface area contributed by atoms with Crippen LogP contribution in [0, 0.1) is 0 Å². The lowest BCUT2D eigenvalue weighted by molar-refractivity contribution is -0.137. The maximum absolute atomic E-state index is 12.0. The summed E-state index contributed by atoms with van der Waals surface area (Å²) in [5, 5.41) is 12.7. The van der Waals surface area contributed by atoms with E-state index < -0.39 is 18.0 Å². The summed E-state index contributed by atoms with van der Waals surface area (Å²) >= 11 is 0. The number of rotatable bonds is 7. The van der Waals surface area contributed by atoms with Crippen molar-refractivity contribution in [3.63, 3.8) is 0 Å². The van der Waals surface area contributed by atoms with E-state index in [2.05, 4.69) is 5.32 Å². The Kier molecular flexibility index (Phi) is 6.36. The minimum atomic E-state index is -1.03. The lowest BCUT2D eigenvalue weighted by Crippen LogP contribution is -2.39. The van der Waals surface area contributed by atoms with Crippen molar-refractivity contribution in [2.45, 2.75) is 12.5 Å². The van der Waals surface area contributed by atoms with E-state index in [9.17, 15) is 9.59 Å². The zero-order chi connectivity index (χ0) is 18.2. The van der Waals surface area contributed by atoms with Crippen molar-refractivity contribution in [1.82, 2.24) is 10.4 Å². The van der Waals surface area contributed by atoms with E-state index in [0.717, 1.165) is 5.06 Å². The number of ether oxygens (including phenoxy) is 1. The molecule has 0 aliphatic rings. The number of carboxylic acids is 1. The van der Waals surface area contributed by atoms with Crippen LogP contribution in [0.25, 0.3) is 0 Å². The Morgan fingerprint density at radius 1 is 1.12 bits per heavy atom. The van der Waals surface area contributed by atoms with Gasteiger partial charge >= 0.3 is 12.0 Å². The molecule has 0 aliphatic carbocycles. The lowest BCUT2D eigenvalue weighted by Gasteiger charge is -2.21. The maximum Gasteiger partial charge on any atom is 0.341 e. The molecule has 2 amide bonds. The monoisotopic (exact) mass is 344 g/mol. The number of nitrogens with one attached hydrogen (secondary N) is 1. The third-order valence-corrected chi connectivity index (χ3v) is 3.48. The zero-order valence-corrected chi connectivity index (χ0v) is 14.0. The number of amides is 2. The quantitative estimate of drug-likeness (QED) is 0.753. The number of hydrogen-bond donors (Lipinski definition) is 2. The Balaban J connectivity index is 2.20. The van der Waals surface area contributed by atoms with Crippen LogP contribution in [0.3, 0.4) is 0 Å². The molecule has 1 unspecified atom stereocenters. The first-order valence-corrected chi connectivity index (χ1v) is 7.62. The van der Waals surface area contributed by atoms with Crippen LogP contribution in [0.4, 0.5) is 4.79 Å². The molecular formula is C18H20N2O5. The summed E-state index contributed by atoms with van der Waals surface area (Å²) in [5.74, 6) is 0.186. The molecular weight excluding hydrogens is 324 g/mol. The van der Waals surface area contributed by atoms with Gasteiger partial charge in [0, 0.05) is 7.05 Å². The molecule has 0 bridgehead atoms. The van der Waals surface area contributed by atoms with Gasteiger partial charge in [0.25, 0.3) is 0 Å². The average Bonchev–Trinajstić information content (AvgIpc) is 2.61. The number of nitrogens with zero attached hydrogens (tertiary/aromatic N) is 1. The Labute approximate surface area is 145 Å². The minimum Gasteiger partial charge on any atom is -0.481 e. The molecule has 0 saturated carbocycles. The molecule has 1 atom stereocenters. The van der Waals surface area contributed by atoms with Crippen molar-refractivity contribution >= 4 is 12.0 Å². The van der Waals surface area contributed by atoms with Gasteiger partial charge in [-0.15, -0.1) is 0 Å². The number of hydrogen-bond acceptors (Lipinski definition) is 4. The van der Waals surface area contributed by atoms with E-state index >= 15 is 0 Å². The van der Waals surface area contributed by atoms with Crippen LogP contribution < -0.4 is 10.1 Å². The highest BCUT2D eigenvalue weighted by molar-refractivity contribution is 5.75. The molecule has 0 radical (unpaired) electrons. The Morgan fingerprint density at radius 2 is 1.80 bits per heavy atom. The molecule has 0 spiro atoms. The zero-order valence-electron chi connectivity index (χ0n) is 14.0. The van der Waals surface area contributed by atoms with Crippen LogP contribution in [-0.4, -0.2) is 36.3 Å². The molecule has 7 nitrogen and oxygen atoms in total. The maximum atomic E-state index is 12.0. The summed E-state index contributed by atoms with van der Waals surface area (Å²) in [6.07, 6.45) is -0.266. The average molecular weight is 344 g/mol. The van der Waals surface area contributed by atoms with Gasteiger partial charge in [0.2, 0.25) is 0 Å². The van der Waals surface area contributed by atoms with Crippen LogP contribution in [0.1, 0.15) is 18.0 Å². The molecule has 2 N–H and O–H groups in total. The van der Waals surface area contributed by atoms with Crippen molar-refractivity contribution < 1.29 is 24.3 Å². The smallest absolute Gasteiger partial charge is 0.341 e. The first-order chi connectivity index (χ1) is 12.0. The van der Waals surface area contributed by atoms with Gasteiger partial charge in [-0.05, 0) is 29.8 Å². The molecule has 2 rings (SSSR count). The first kappa shape index (κ1) is 18.3. The summed E-state index contributed by atoms with van der Waals surface area (Å²) in [5.41, 5.74) is 0.619. The van der Waals surface area contributed by atoms with Gasteiger partial charge in [-0.2, -0.15) is 0 Å². The minimum absolute atomic E-state index is 0.266. The van der Waals surface area contributed by atoms with Gasteiger partial charge in [0.05, 0.1) is 19.6 Å². The van der Waals surface area contributed by atoms with Crippen molar-refractivity contribution in [2.24, 2.45) is 0 Å². The van der Waals surface area contributed by atoms with E-state index in [1.807, 2.05) is 30.3 Å². The predicted molar refractivity (Wildman–Crippen MR) is 91.3 cm³/mol. The largest absolute Gasteiger partial charge is 0.481 e. The third-order valence-electron chi connectivity index (χ3n) is 3.48. The van der Waals surface area contributed by atoms with Crippen molar-refractivity contribution in [2.75, 3.05) is 14.2 Å². The number of carbonyl (C=O) groups excluding carboxylic acids is 1. The van der Waals surface area contributed by atoms with Crippen LogP contribution in [-0.2, 0) is 9.63 Å². The fraction of sp³-hybridized carbons (Fsp3) is 0.222. The summed E-state index contributed by atoms with van der Waals surface area (Å²) in [7, 11) is 2.78. The van der Waals surface area contributed by atoms with Crippen molar-refractivity contribution in [1.29, 1.82) is 0 Å². The van der Waals surface area contributed by atoms with Crippen molar-refractivity contribution in [3.8, 4) is 11.5 Å². The Morgan fingerprint density at radius 3 is 2.44 bits per heavy atom. The second-order valence-corrected chi connectivity index (χ2v) is 5.27. The lowest BCUT2D eigenvalue weighted by atomic mass is 10.0. The van der Waals surface area contributed by atoms with Gasteiger partial charge < -0.3 is 15.2 Å². The number of benzene rings is 2. The van der Waals surface area contributed by atoms with E-state index in [1.165, 1.54) is 14.2 Å². The number of aliphatic carboxylic acids is 1. The number of hydroxylamine groups is 2. The van der Waals surface area contributed by atoms with Gasteiger partial charge in [0.1, 0.15) is 11.5 Å². The number of para-hydroxylation sites is 1. The van der Waals surface area contributed by atoms with Crippen LogP contribution in [0.15, 0.2) is 54.6 Å². The highest BCUT2D eigenvalue weighted by Gasteiger charge is 2.20. The molecule has 25 heavy (non-hydrogen) atoms. The van der Waals surface area contributed by atoms with E-state index in [-0.39, 0.29) is 6.42 Å². The second-order valence-electron chi connectivity index (χ2n) is 5.27. The first-order valence-electron chi connectivity index (χ1n) is 7.62. The van der Waals surface area contributed by atoms with Crippen LogP contribution in [0.5, 0.6) is 11.5 Å². The van der Waals surface area contributed by atoms with Gasteiger partial charge in [0.15, 0.2) is 0 Å². The second kappa shape index (κ2) is 8.70. The topological polar surface area (TPSA) is 88.1 Å². The SMILES string of the molecule is CON(C)C(=O)NC(CC(=O)O)c1cccc(Oc2ccccc2)c1. The summed E-state index contributed by atoms with van der Waals surface area (Å²) in [6.45, 7) is 0. The predicted octanol–water partition coefficient (Wildman–Crippen LogP) is 3.20. The number of urea groups is 1. The molecule has 2 aromatic rings. The Bertz CT molecular complexity index is 720. The summed E-state index contributed by atoms with van der Waals surface area (Å²) in [6, 6.07) is 14.9. The molecule has 0 saturated heterocycles. The molecule has 0 aliphatic heterocycles. The molecule has 0 aromatic heterocycles.